The highest BCUT2D eigenvalue weighted by Gasteiger charge is 2.29. The zero-order valence-electron chi connectivity index (χ0n) is 78.1. The molecule has 24 aromatic rings. The van der Waals surface area contributed by atoms with Crippen molar-refractivity contribution in [2.75, 3.05) is 19.6 Å². The number of rotatable bonds is 20. The largest absolute Gasteiger partial charge is 0.310 e. The summed E-state index contributed by atoms with van der Waals surface area (Å²) in [6, 6.07) is 156. The van der Waals surface area contributed by atoms with Crippen LogP contribution in [0, 0.1) is 62.6 Å². The Morgan fingerprint density at radius 3 is 0.507 bits per heavy atom. The van der Waals surface area contributed by atoms with Crippen LogP contribution in [0.15, 0.2) is 473 Å². The number of hydrogen-bond donors (Lipinski definition) is 0. The van der Waals surface area contributed by atoms with E-state index in [2.05, 4.69) is 326 Å². The Hall–Kier alpha value is -17.9. The van der Waals surface area contributed by atoms with E-state index < -0.39 is 0 Å². The topological polar surface area (TPSA) is 13.0 Å². The summed E-state index contributed by atoms with van der Waals surface area (Å²) in [7, 11) is 0. The van der Waals surface area contributed by atoms with Gasteiger partial charge in [-0.25, -0.2) is 26.3 Å². The average molecular weight is 1850 g/mol. The van der Waals surface area contributed by atoms with Crippen LogP contribution in [0.1, 0.15) is 22.3 Å². The van der Waals surface area contributed by atoms with Gasteiger partial charge < -0.3 is 19.6 Å². The normalized spacial score (nSPS) is 11.5. The van der Waals surface area contributed by atoms with Gasteiger partial charge in [-0.15, -0.1) is 0 Å². The standard InChI is InChI=1S/C68H50F2N2.C64H40F4N2/c1-43-31-44(2)34-59(33-43)71(61-39-53(47-11-7-5-8-12-47)37-55(41-61)49-15-23-57(69)24-16-49)65-29-21-51-20-28-64-66(30-22-52-19-27-63(65)67(51)68(52)64)72(60-35-45(3)32-46(4)36-60)62-40-54(48-13-9-6-10-14-48)38-56(42-62)50-17-25-58(70)26-18-50;65-51-19-11-43(12-20-51)49-35-47(41-7-3-1-4-8-41)37-57(39-49)69(55-27-23-53(67)24-28-55)61-33-17-45-16-32-60-62(34-18-46-15-31-59(61)63(45)64(46)60)70(56-29-25-54(68)26-30-56)58-38-48(42-9-5-2-6-10-42)36-50(40-58)44-13-21-52(66)22-14-44/h5-42H,1-4H3;1-40H. The molecule has 0 aromatic heterocycles. The summed E-state index contributed by atoms with van der Waals surface area (Å²) in [6.45, 7) is 8.63. The van der Waals surface area contributed by atoms with Gasteiger partial charge in [-0.1, -0.05) is 255 Å². The van der Waals surface area contributed by atoms with Crippen molar-refractivity contribution in [3.63, 3.8) is 0 Å². The van der Waals surface area contributed by atoms with Gasteiger partial charge in [0.1, 0.15) is 34.9 Å². The molecular formula is C132H90F6N4. The van der Waals surface area contributed by atoms with Gasteiger partial charge in [0.15, 0.2) is 0 Å². The van der Waals surface area contributed by atoms with Crippen LogP contribution in [0.2, 0.25) is 0 Å². The zero-order valence-corrected chi connectivity index (χ0v) is 78.1. The van der Waals surface area contributed by atoms with Gasteiger partial charge in [0, 0.05) is 67.0 Å². The van der Waals surface area contributed by atoms with E-state index in [4.69, 9.17) is 0 Å². The van der Waals surface area contributed by atoms with Crippen LogP contribution in [0.3, 0.4) is 0 Å². The molecule has 4 nitrogen and oxygen atoms in total. The van der Waals surface area contributed by atoms with E-state index in [1.807, 2.05) is 72.8 Å². The molecule has 24 rings (SSSR count). The van der Waals surface area contributed by atoms with Crippen LogP contribution in [-0.2, 0) is 0 Å². The summed E-state index contributed by atoms with van der Waals surface area (Å²) in [6.07, 6.45) is 0. The fourth-order valence-electron chi connectivity index (χ4n) is 20.8. The van der Waals surface area contributed by atoms with Crippen molar-refractivity contribution in [2.45, 2.75) is 27.7 Å². The van der Waals surface area contributed by atoms with Crippen molar-refractivity contribution in [3.8, 4) is 89.0 Å². The van der Waals surface area contributed by atoms with E-state index in [0.29, 0.717) is 0 Å². The van der Waals surface area contributed by atoms with Gasteiger partial charge in [0.2, 0.25) is 0 Å². The van der Waals surface area contributed by atoms with Gasteiger partial charge in [-0.05, 0) is 400 Å². The lowest BCUT2D eigenvalue weighted by molar-refractivity contribution is 0.627. The molecule has 0 saturated heterocycles. The predicted molar refractivity (Wildman–Crippen MR) is 581 cm³/mol. The molecule has 0 heterocycles. The number of nitrogens with zero attached hydrogens (tertiary/aromatic N) is 4. The van der Waals surface area contributed by atoms with Gasteiger partial charge in [-0.3, -0.25) is 0 Å². The molecule has 0 fully saturated rings. The van der Waals surface area contributed by atoms with Crippen LogP contribution in [0.4, 0.5) is 94.6 Å². The highest BCUT2D eigenvalue weighted by molar-refractivity contribution is 6.30. The number of halogens is 6. The molecular weight excluding hydrogens is 1760 g/mol. The molecule has 680 valence electrons. The lowest BCUT2D eigenvalue weighted by Gasteiger charge is -2.31. The molecule has 142 heavy (non-hydrogen) atoms. The van der Waals surface area contributed by atoms with E-state index in [1.165, 1.54) is 106 Å². The van der Waals surface area contributed by atoms with E-state index in [1.54, 1.807) is 48.5 Å². The summed E-state index contributed by atoms with van der Waals surface area (Å²) in [5, 5.41) is 13.0. The zero-order chi connectivity index (χ0) is 96.3. The van der Waals surface area contributed by atoms with E-state index in [9.17, 15) is 26.3 Å². The SMILES string of the molecule is Cc1cc(C)cc(N(c2cc(-c3ccccc3)cc(-c3ccc(F)cc3)c2)c2ccc3ccc4c(N(c5cc(C)cc(C)c5)c5cc(-c6ccccc6)cc(-c6ccc(F)cc6)c5)ccc5ccc2c3c54)c1.Fc1ccc(-c2cc(-c3ccccc3)cc(N(c3ccc(F)cc3)c3ccc4ccc5c(N(c6ccc(F)cc6)c6cc(-c7ccccc7)cc(-c7ccc(F)cc7)c6)ccc6ccc3c4c65)c2)cc1. The lowest BCUT2D eigenvalue weighted by atomic mass is 9.91. The molecule has 0 unspecified atom stereocenters. The summed E-state index contributed by atoms with van der Waals surface area (Å²) in [5.41, 5.74) is 31.4. The third-order valence-corrected chi connectivity index (χ3v) is 27.1. The Labute approximate surface area is 820 Å². The van der Waals surface area contributed by atoms with Gasteiger partial charge in [0.05, 0.1) is 22.7 Å². The second-order valence-electron chi connectivity index (χ2n) is 36.7. The van der Waals surface area contributed by atoms with Crippen LogP contribution in [0.25, 0.3) is 154 Å². The molecule has 24 aromatic carbocycles. The van der Waals surface area contributed by atoms with E-state index in [-0.39, 0.29) is 34.9 Å². The maximum Gasteiger partial charge on any atom is 0.123 e. The van der Waals surface area contributed by atoms with Gasteiger partial charge in [0.25, 0.3) is 0 Å². The fraction of sp³-hybridized carbons (Fsp3) is 0.0303. The molecule has 0 N–H and O–H groups in total. The quantitative estimate of drug-likeness (QED) is 0.0557. The number of anilines is 12. The maximum atomic E-state index is 14.8. The minimum Gasteiger partial charge on any atom is -0.310 e. The third kappa shape index (κ3) is 17.3. The highest BCUT2D eigenvalue weighted by Crippen LogP contribution is 2.54. The first-order chi connectivity index (χ1) is 69.4. The summed E-state index contributed by atoms with van der Waals surface area (Å²) in [5.74, 6) is -1.85. The van der Waals surface area contributed by atoms with E-state index >= 15 is 0 Å². The van der Waals surface area contributed by atoms with Crippen molar-refractivity contribution in [1.29, 1.82) is 0 Å². The average Bonchev–Trinajstić information content (AvgIpc) is 0.719. The van der Waals surface area contributed by atoms with Crippen molar-refractivity contribution >= 4 is 133 Å². The van der Waals surface area contributed by atoms with Crippen LogP contribution < -0.4 is 19.6 Å². The second kappa shape index (κ2) is 37.2. The Morgan fingerprint density at radius 2 is 0.303 bits per heavy atom. The van der Waals surface area contributed by atoms with Gasteiger partial charge in [-0.2, -0.15) is 0 Å². The number of hydrogen-bond acceptors (Lipinski definition) is 4. The summed E-state index contributed by atoms with van der Waals surface area (Å²) < 4.78 is 87.1. The second-order valence-corrected chi connectivity index (χ2v) is 36.7. The maximum absolute atomic E-state index is 14.8. The smallest absolute Gasteiger partial charge is 0.123 e. The molecule has 0 atom stereocenters. The van der Waals surface area contributed by atoms with E-state index in [0.717, 1.165) is 211 Å². The van der Waals surface area contributed by atoms with Crippen molar-refractivity contribution in [2.24, 2.45) is 0 Å². The third-order valence-electron chi connectivity index (χ3n) is 27.1. The Kier molecular flexibility index (Phi) is 23.1. The molecule has 0 saturated carbocycles. The van der Waals surface area contributed by atoms with Crippen molar-refractivity contribution in [3.05, 3.63) is 530 Å². The fourth-order valence-corrected chi connectivity index (χ4v) is 20.8. The molecule has 0 radical (unpaired) electrons. The number of benzene rings is 24. The Balaban J connectivity index is 0.000000158. The first-order valence-electron chi connectivity index (χ1n) is 47.6. The molecule has 0 aliphatic heterocycles. The predicted octanol–water partition coefficient (Wildman–Crippen LogP) is 38.5. The molecule has 0 spiro atoms. The molecule has 0 bridgehead atoms. The van der Waals surface area contributed by atoms with Crippen LogP contribution >= 0.6 is 0 Å². The van der Waals surface area contributed by atoms with Crippen LogP contribution in [0.5, 0.6) is 0 Å². The lowest BCUT2D eigenvalue weighted by Crippen LogP contribution is -2.12. The van der Waals surface area contributed by atoms with Crippen molar-refractivity contribution in [1.82, 2.24) is 0 Å². The minimum absolute atomic E-state index is 0.264. The molecule has 0 aliphatic carbocycles. The Bertz CT molecular complexity index is 8290. The first-order valence-corrected chi connectivity index (χ1v) is 47.6. The minimum atomic E-state index is -0.346. The van der Waals surface area contributed by atoms with Crippen LogP contribution in [-0.4, -0.2) is 0 Å². The monoisotopic (exact) mass is 1840 g/mol. The van der Waals surface area contributed by atoms with Crippen molar-refractivity contribution < 1.29 is 26.3 Å². The summed E-state index contributed by atoms with van der Waals surface area (Å²) >= 11 is 0. The van der Waals surface area contributed by atoms with Gasteiger partial charge >= 0.3 is 0 Å². The number of aryl methyl sites for hydroxylation is 4. The summed E-state index contributed by atoms with van der Waals surface area (Å²) in [4.78, 5) is 9.14. The molecule has 10 heteroatoms. The molecule has 0 aliphatic rings. The highest BCUT2D eigenvalue weighted by atomic mass is 19.1. The molecule has 0 amide bonds. The first kappa shape index (κ1) is 88.1. The Morgan fingerprint density at radius 1 is 0.134 bits per heavy atom.